The Balaban J connectivity index is 0.00000523. The Morgan fingerprint density at radius 2 is 1.38 bits per heavy atom. The van der Waals surface area contributed by atoms with Crippen molar-refractivity contribution in [2.24, 2.45) is 94.7 Å². The van der Waals surface area contributed by atoms with Gasteiger partial charge in [-0.15, -0.1) is 0 Å². The van der Waals surface area contributed by atoms with Gasteiger partial charge in [0.25, 0.3) is 7.82 Å². The van der Waals surface area contributed by atoms with Crippen LogP contribution in [-0.4, -0.2) is 133 Å². The molecule has 2 fully saturated rings. The van der Waals surface area contributed by atoms with Crippen molar-refractivity contribution in [3.8, 4) is 0 Å². The number of primary amides is 6. The van der Waals surface area contributed by atoms with E-state index in [-0.39, 0.29) is 107 Å². The second kappa shape index (κ2) is 28.8. The summed E-state index contributed by atoms with van der Waals surface area (Å²) in [4.78, 5) is 128. The van der Waals surface area contributed by atoms with Gasteiger partial charge in [0.05, 0.1) is 30.1 Å². The Labute approximate surface area is 552 Å². The first-order chi connectivity index (χ1) is 41.8. The summed E-state index contributed by atoms with van der Waals surface area (Å²) < 4.78 is 31.9. The number of carbonyl (C=O) groups excluding carboxylic acids is 7. The minimum absolute atomic E-state index is 0. The number of aryl methyl sites for hydroxylation is 2. The van der Waals surface area contributed by atoms with Crippen molar-refractivity contribution in [1.29, 1.82) is 0 Å². The van der Waals surface area contributed by atoms with E-state index in [4.69, 9.17) is 68.5 Å². The second-order valence-electron chi connectivity index (χ2n) is 27.0. The fourth-order valence-corrected chi connectivity index (χ4v) is 16.4. The molecule has 7 amide bonds. The van der Waals surface area contributed by atoms with Gasteiger partial charge in [-0.3, -0.25) is 53.1 Å². The number of imidazole rings is 1. The molecule has 15 atom stereocenters. The first kappa shape index (κ1) is 77.2. The summed E-state index contributed by atoms with van der Waals surface area (Å²) in [5.41, 5.74) is 36.7. The van der Waals surface area contributed by atoms with Gasteiger partial charge in [-0.05, 0) is 118 Å². The molecule has 1 aromatic heterocycles. The molecule has 7 heterocycles. The van der Waals surface area contributed by atoms with E-state index < -0.39 is 143 Å². The van der Waals surface area contributed by atoms with Crippen LogP contribution in [0.4, 0.5) is 0 Å². The molecule has 6 aliphatic rings. The number of aliphatic hydroxyl groups is 2. The van der Waals surface area contributed by atoms with Gasteiger partial charge in [-0.1, -0.05) is 47.1 Å². The summed E-state index contributed by atoms with van der Waals surface area (Å²) in [7, 11) is -5.32. The molecule has 17 N–H and O–H groups in total. The van der Waals surface area contributed by atoms with E-state index in [0.717, 1.165) is 11.1 Å². The molecule has 93 heavy (non-hydrogen) atoms. The maximum absolute atomic E-state index is 14.4. The number of benzene rings is 1. The van der Waals surface area contributed by atoms with Crippen LogP contribution < -0.4 is 44.6 Å². The molecule has 30 heteroatoms. The Morgan fingerprint density at radius 3 is 1.95 bits per heavy atom. The molecule has 2 aromatic rings. The summed E-state index contributed by atoms with van der Waals surface area (Å²) in [6, 6.07) is 2.65. The van der Waals surface area contributed by atoms with Gasteiger partial charge >= 0.3 is 16.8 Å². The fourth-order valence-electron chi connectivity index (χ4n) is 15.3. The zero-order valence-electron chi connectivity index (χ0n) is 55.0. The number of aliphatic hydroxyl groups excluding tert-OH is 2. The van der Waals surface area contributed by atoms with E-state index >= 15 is 0 Å². The van der Waals surface area contributed by atoms with E-state index in [0.29, 0.717) is 56.4 Å². The molecule has 2 saturated heterocycles. The van der Waals surface area contributed by atoms with Crippen LogP contribution in [0, 0.1) is 66.6 Å². The number of amides is 7. The fraction of sp³-hybridized carbons (Fsp3) is 0.619. The van der Waals surface area contributed by atoms with Gasteiger partial charge in [0.15, 0.2) is 6.23 Å². The van der Waals surface area contributed by atoms with Crippen molar-refractivity contribution in [3.63, 3.8) is 0 Å². The molecular weight excluding hydrogens is 1270 g/mol. The number of allylic oxidation sites excluding steroid dienone is 6. The minimum atomic E-state index is -5.32. The molecule has 8 bridgehead atoms. The summed E-state index contributed by atoms with van der Waals surface area (Å²) in [5, 5.41) is 30.1. The number of hydrogen-bond acceptors (Lipinski definition) is 18. The monoisotopic (exact) mass is 1360 g/mol. The summed E-state index contributed by atoms with van der Waals surface area (Å²) in [6.07, 6.45) is -4.79. The average molecular weight is 1360 g/mol. The molecule has 2 unspecified atom stereocenters. The molecule has 1 aromatic carbocycles. The number of aliphatic imine (C=N–C) groups is 3. The Hall–Kier alpha value is -6.53. The number of phosphoric ester groups is 1. The average Bonchev–Trinajstić information content (AvgIpc) is 1.53. The van der Waals surface area contributed by atoms with Crippen LogP contribution in [0.5, 0.6) is 0 Å². The quantitative estimate of drug-likeness (QED) is 0.0483. The maximum Gasteiger partial charge on any atom is 3.00 e. The van der Waals surface area contributed by atoms with Crippen molar-refractivity contribution in [1.82, 2.24) is 14.9 Å². The third-order valence-corrected chi connectivity index (χ3v) is 21.6. The Kier molecular flexibility index (Phi) is 23.9. The second-order valence-corrected chi connectivity index (χ2v) is 28.3. The standard InChI is InChI=1S/C62H90N13O14P.CH3.Co.H2O/c1-29-20-39-40(21-30(29)2)75(28-70-39)57-52(84)53(41(27-76)87-57)89-90(85,86)88-31(3)26-69-49(83)18-19-59(8)37(22-46(66)80)56-62(11)61(10,25-48(68)82)36(14-17-45(65)79)51(74-62)33(5)55-60(9,24-47(67)81)34(12-15-43(63)77)38(71-55)23-42-58(6,7)35(13-16-44(64)78)50(72-42)32(4)54(59)73-56;;;/h20-21,23,28,31,34-37,41,52-53,56-57,76,84H,12-19,22,24-27H2,1-11H3,(H15,63,64,65,66,67,68,69,71,72,73,74,77,78,79,80,81,82,83,85,86);1H3;;1H2/q;-1;+3;/p-2/t31?,34-,35-,36-,37+,41-,52-,53-,56-,57+,59-,60+,61+,62+;;;/m1.../s1. The number of fused-ring (bicyclic) bond motifs is 7. The first-order valence-electron chi connectivity index (χ1n) is 30.5. The van der Waals surface area contributed by atoms with E-state index in [1.54, 1.807) is 6.92 Å². The molecule has 514 valence electrons. The van der Waals surface area contributed by atoms with Crippen LogP contribution in [0.15, 0.2) is 67.8 Å². The number of nitrogens with zero attached hydrogens (tertiary/aromatic N) is 6. The predicted octanol–water partition coefficient (Wildman–Crippen LogP) is 2.94. The van der Waals surface area contributed by atoms with Gasteiger partial charge < -0.3 is 91.4 Å². The normalized spacial score (nSPS) is 33.1. The van der Waals surface area contributed by atoms with Crippen LogP contribution >= 0.6 is 7.82 Å². The van der Waals surface area contributed by atoms with Gasteiger partial charge in [0.1, 0.15) is 18.3 Å². The van der Waals surface area contributed by atoms with Gasteiger partial charge in [-0.25, -0.2) is 4.98 Å². The molecule has 0 spiro atoms. The maximum atomic E-state index is 14.4. The van der Waals surface area contributed by atoms with Crippen molar-refractivity contribution >= 4 is 77.3 Å². The molecule has 28 nitrogen and oxygen atoms in total. The number of ether oxygens (including phenoxy) is 1. The Bertz CT molecular complexity index is 3550. The van der Waals surface area contributed by atoms with Crippen LogP contribution in [0.25, 0.3) is 16.4 Å². The smallest absolute Gasteiger partial charge is 0.756 e. The van der Waals surface area contributed by atoms with E-state index in [1.807, 2.05) is 80.5 Å². The van der Waals surface area contributed by atoms with E-state index in [1.165, 1.54) is 17.8 Å². The predicted molar refractivity (Wildman–Crippen MR) is 342 cm³/mol. The van der Waals surface area contributed by atoms with Gasteiger partial charge in [0.2, 0.25) is 41.4 Å². The van der Waals surface area contributed by atoms with Crippen molar-refractivity contribution in [2.45, 2.75) is 189 Å². The summed E-state index contributed by atoms with van der Waals surface area (Å²) in [6.45, 7) is 19.0. The molecule has 8 rings (SSSR count). The molecule has 0 saturated carbocycles. The summed E-state index contributed by atoms with van der Waals surface area (Å²) in [5.74, 6) is -7.40. The van der Waals surface area contributed by atoms with Crippen molar-refractivity contribution in [2.75, 3.05) is 13.2 Å². The number of rotatable bonds is 26. The third kappa shape index (κ3) is 14.8. The topological polar surface area (TPSA) is 496 Å². The molecule has 0 aliphatic carbocycles. The summed E-state index contributed by atoms with van der Waals surface area (Å²) >= 11 is 0. The van der Waals surface area contributed by atoms with Crippen LogP contribution in [0.1, 0.15) is 150 Å². The van der Waals surface area contributed by atoms with Crippen LogP contribution in [-0.2, 0) is 68.7 Å². The number of hydrogen-bond donors (Lipinski definition) is 9. The Morgan fingerprint density at radius 1 is 0.796 bits per heavy atom. The zero-order chi connectivity index (χ0) is 66.7. The molecule has 6 aliphatic heterocycles. The minimum Gasteiger partial charge on any atom is -0.756 e. The number of nitrogens with one attached hydrogen (secondary N) is 1. The molecular formula is C63H93CoN13O15P. The number of phosphoric acid groups is 1. The van der Waals surface area contributed by atoms with Crippen molar-refractivity contribution < 1.29 is 89.3 Å². The van der Waals surface area contributed by atoms with Crippen LogP contribution in [0.3, 0.4) is 0 Å². The number of aromatic nitrogens is 2. The van der Waals surface area contributed by atoms with E-state index in [2.05, 4.69) is 10.3 Å². The van der Waals surface area contributed by atoms with Gasteiger partial charge in [0, 0.05) is 114 Å². The third-order valence-electron chi connectivity index (χ3n) is 20.5. The van der Waals surface area contributed by atoms with Crippen molar-refractivity contribution in [3.05, 3.63) is 76.6 Å². The number of carbonyl (C=O) groups is 7. The number of nitrogens with two attached hydrogens (primary N) is 6. The SMILES string of the molecule is C/C1=C2N=C(/C=C3N=C(/C(C)=C4\[N-][C@@](C)([C@@H]5N=C1[C@](C)(CCC(=O)NCC(C)OP(=O)([O-])O[C@H]1[C@@H](O)[C@@H](n6cnc7cc(C)c(C)cc76)O[C@@H]1CO)[C@H]5CC(N)=O)[C@@](C)(CC(N)=O)[C@@H]4CCC(N)=O)[C@@](C)(CC(N)=O)[C@@H]\3CCC(N)=O)C(C)(C)[C@@H]/2CCC(N)=O.O.[CH3-].[Co+3]. The molecule has 0 radical (unpaired) electrons. The largest absolute Gasteiger partial charge is 3.00 e. The first-order valence-corrected chi connectivity index (χ1v) is 32.0. The zero-order valence-corrected chi connectivity index (χ0v) is 56.9. The van der Waals surface area contributed by atoms with Gasteiger partial charge in [-0.2, -0.15) is 5.70 Å². The van der Waals surface area contributed by atoms with E-state index in [9.17, 15) is 53.2 Å². The van der Waals surface area contributed by atoms with Crippen LogP contribution in [0.2, 0.25) is 0 Å².